The zero-order chi connectivity index (χ0) is 44.5. The second-order valence-electron chi connectivity index (χ2n) is 14.7. The number of aromatic carboxylic acids is 1. The first-order chi connectivity index (χ1) is 31.4. The molecule has 10 rings (SSSR count). The topological polar surface area (TPSA) is 152 Å². The molecule has 13 nitrogen and oxygen atoms in total. The van der Waals surface area contributed by atoms with Crippen LogP contribution in [0.25, 0.3) is 16.9 Å². The van der Waals surface area contributed by atoms with Gasteiger partial charge in [0.05, 0.1) is 28.7 Å². The summed E-state index contributed by atoms with van der Waals surface area (Å²) in [4.78, 5) is 38.7. The Morgan fingerprint density at radius 2 is 1.50 bits per heavy atom. The Hall–Kier alpha value is -7.11. The van der Waals surface area contributed by atoms with Crippen molar-refractivity contribution in [3.8, 4) is 35.4 Å². The van der Waals surface area contributed by atoms with E-state index >= 15 is 0 Å². The normalized spacial score (nSPS) is 15.9. The number of nitrogens with zero attached hydrogens (tertiary/aromatic N) is 8. The van der Waals surface area contributed by atoms with E-state index in [-0.39, 0.29) is 17.6 Å². The molecule has 14 heteroatoms. The third-order valence-corrected chi connectivity index (χ3v) is 11.0. The summed E-state index contributed by atoms with van der Waals surface area (Å²) in [5, 5.41) is 23.9. The Morgan fingerprint density at radius 3 is 2.12 bits per heavy atom. The number of piperidine rings is 1. The number of terminal acetylenes is 1. The Bertz CT molecular complexity index is 2760. The van der Waals surface area contributed by atoms with E-state index in [9.17, 15) is 9.59 Å². The molecule has 3 N–H and O–H groups in total. The van der Waals surface area contributed by atoms with Crippen LogP contribution in [0.5, 0.6) is 0 Å². The molecular formula is C50H46IN10O3+. The van der Waals surface area contributed by atoms with Crippen molar-refractivity contribution in [2.75, 3.05) is 39.3 Å². The average Bonchev–Trinajstić information content (AvgIpc) is 3.98. The van der Waals surface area contributed by atoms with Gasteiger partial charge in [-0.3, -0.25) is 9.78 Å². The average molecular weight is 962 g/mol. The minimum Gasteiger partial charge on any atom is -0.478 e. The predicted molar refractivity (Wildman–Crippen MR) is 256 cm³/mol. The number of azo groups is 2. The molecule has 3 aromatic heterocycles. The maximum absolute atomic E-state index is 12.7. The molecule has 0 spiro atoms. The first-order valence-electron chi connectivity index (χ1n) is 20.9. The van der Waals surface area contributed by atoms with Gasteiger partial charge in [0.1, 0.15) is 11.8 Å². The summed E-state index contributed by atoms with van der Waals surface area (Å²) in [6.45, 7) is 5.66. The molecule has 320 valence electrons. The molecule has 0 bridgehead atoms. The fourth-order valence-corrected chi connectivity index (χ4v) is 7.20. The number of allylic oxidation sites excluding steroid dienone is 1. The van der Waals surface area contributed by atoms with E-state index in [1.54, 1.807) is 64.5 Å². The molecule has 4 aliphatic rings. The number of hydrogen-bond acceptors (Lipinski definition) is 9. The quantitative estimate of drug-likeness (QED) is 0.0946. The Morgan fingerprint density at radius 1 is 0.812 bits per heavy atom. The number of carboxylic acid groups (broad SMARTS) is 1. The van der Waals surface area contributed by atoms with E-state index in [0.717, 1.165) is 59.8 Å². The van der Waals surface area contributed by atoms with E-state index in [4.69, 9.17) is 16.5 Å². The number of carbonyl (C=O) groups excluding carboxylic acids is 1. The summed E-state index contributed by atoms with van der Waals surface area (Å²) in [6, 6.07) is 30.0. The third-order valence-electron chi connectivity index (χ3n) is 10.3. The van der Waals surface area contributed by atoms with E-state index in [1.165, 1.54) is 35.9 Å². The number of amides is 1. The van der Waals surface area contributed by atoms with Crippen LogP contribution in [-0.4, -0.2) is 97.3 Å². The van der Waals surface area contributed by atoms with Crippen LogP contribution >= 0.6 is 22.6 Å². The second kappa shape index (κ2) is 22.8. The molecule has 2 saturated heterocycles. The summed E-state index contributed by atoms with van der Waals surface area (Å²) >= 11 is 2.28. The van der Waals surface area contributed by atoms with Crippen molar-refractivity contribution in [3.05, 3.63) is 177 Å². The fourth-order valence-electron chi connectivity index (χ4n) is 6.78. The van der Waals surface area contributed by atoms with Crippen molar-refractivity contribution in [2.24, 2.45) is 10.1 Å². The molecule has 0 saturated carbocycles. The van der Waals surface area contributed by atoms with Gasteiger partial charge in [-0.2, -0.15) is 5.10 Å². The third kappa shape index (κ3) is 12.3. The van der Waals surface area contributed by atoms with Crippen LogP contribution in [-0.2, 0) is 0 Å². The van der Waals surface area contributed by atoms with E-state index in [2.05, 4.69) is 83.3 Å². The van der Waals surface area contributed by atoms with Crippen LogP contribution in [0.1, 0.15) is 56.7 Å². The largest absolute Gasteiger partial charge is 0.478 e. The highest BCUT2D eigenvalue weighted by Crippen LogP contribution is 2.22. The van der Waals surface area contributed by atoms with Crippen molar-refractivity contribution in [3.63, 3.8) is 0 Å². The number of aliphatic imine (C=N–C) groups is 1. The number of benzene rings is 3. The van der Waals surface area contributed by atoms with Gasteiger partial charge in [-0.05, 0) is 108 Å². The minimum absolute atomic E-state index is 0.0703. The van der Waals surface area contributed by atoms with Gasteiger partial charge in [0.15, 0.2) is 5.65 Å². The number of pyridine rings is 1. The molecule has 1 atom stereocenters. The highest BCUT2D eigenvalue weighted by Gasteiger charge is 2.32. The lowest BCUT2D eigenvalue weighted by Gasteiger charge is -2.27. The number of hydrogen-bond donors (Lipinski definition) is 3. The summed E-state index contributed by atoms with van der Waals surface area (Å²) in [5.74, 6) is 7.95. The Labute approximate surface area is 385 Å². The smallest absolute Gasteiger partial charge is 0.335 e. The van der Waals surface area contributed by atoms with Crippen LogP contribution in [0.3, 0.4) is 0 Å². The molecule has 7 heterocycles. The molecular weight excluding hydrogens is 916 g/mol. The molecule has 64 heavy (non-hydrogen) atoms. The number of fused-ring (bicyclic) bond motifs is 2. The number of piperazine rings is 1. The Balaban J connectivity index is 0.000000156. The van der Waals surface area contributed by atoms with Crippen molar-refractivity contribution in [1.82, 2.24) is 35.1 Å². The van der Waals surface area contributed by atoms with Crippen LogP contribution in [0, 0.1) is 27.8 Å². The molecule has 2 fully saturated rings. The second-order valence-corrected chi connectivity index (χ2v) is 15.9. The van der Waals surface area contributed by atoms with Gasteiger partial charge >= 0.3 is 12.1 Å². The fraction of sp³-hybridized carbons (Fsp3) is 0.200. The summed E-state index contributed by atoms with van der Waals surface area (Å²) < 4.78 is 4.69. The van der Waals surface area contributed by atoms with Gasteiger partial charge in [-0.15, -0.1) is 6.42 Å². The first kappa shape index (κ1) is 44.9. The van der Waals surface area contributed by atoms with Crippen LogP contribution in [0.2, 0.25) is 0 Å². The first-order valence-corrected chi connectivity index (χ1v) is 22.0. The Kier molecular flexibility index (Phi) is 16.0. The number of carboxylic acids is 1. The lowest BCUT2D eigenvalue weighted by Crippen LogP contribution is -2.46. The van der Waals surface area contributed by atoms with Gasteiger partial charge in [0.25, 0.3) is 5.91 Å². The highest BCUT2D eigenvalue weighted by molar-refractivity contribution is 14.1. The molecule has 1 unspecified atom stereocenters. The van der Waals surface area contributed by atoms with Crippen molar-refractivity contribution in [2.45, 2.75) is 25.4 Å². The predicted octanol–water partition coefficient (Wildman–Crippen LogP) is 7.31. The van der Waals surface area contributed by atoms with E-state index in [0.29, 0.717) is 16.8 Å². The lowest BCUT2D eigenvalue weighted by atomic mass is 10.1. The zero-order valence-corrected chi connectivity index (χ0v) is 37.2. The number of nitrogens with one attached hydrogen (secondary N) is 2. The van der Waals surface area contributed by atoms with E-state index in [1.807, 2.05) is 77.8 Å². The standard InChI is InChI=1S/C24H20N6O.C15H9N3O2.C6H5I.C5H11N/c31-24(29-15-12-26-13-16-29)20-5-3-19(4-6-20)22-9-14-30-23(28-22)21(17-27-30)2-1-18-7-10-25-11-8-18;1-2-10-9-16-18-8-7-13(17-14(10)18)11-3-5-12(6-4-11)15(19)20;7-6-4-2-1-3-5-6;1-2-4-6-5-3-1/h3-11,14,17,26H,12-13,15-16H2;1,3-9,14H;1-5H;6H,1-5H2/p+1. The number of carbonyl (C=O) groups is 2. The van der Waals surface area contributed by atoms with Crippen LogP contribution < -0.4 is 10.6 Å². The number of halogens is 1. The van der Waals surface area contributed by atoms with Gasteiger partial charge < -0.3 is 20.6 Å². The summed E-state index contributed by atoms with van der Waals surface area (Å²) in [5.41, 5.74) is 7.31. The zero-order valence-electron chi connectivity index (χ0n) is 35.0. The molecule has 4 aliphatic heterocycles. The molecule has 3 aromatic carbocycles. The number of aromatic nitrogens is 4. The SMILES string of the molecule is C#CC1=CN=[N+]2C=CC(c3ccc(C(=O)O)cc3)=NC12.C1CCNCC1.Ic1ccccc1.O=C(c1ccc(-c2ccn3ncc(C#Cc4ccncc4)c3n2)cc1)N1CCNCC1. The molecule has 0 aliphatic carbocycles. The lowest BCUT2D eigenvalue weighted by molar-refractivity contribution is -0.546. The monoisotopic (exact) mass is 961 g/mol. The van der Waals surface area contributed by atoms with Gasteiger partial charge in [-0.25, -0.2) is 19.3 Å². The van der Waals surface area contributed by atoms with Crippen molar-refractivity contribution >= 4 is 45.8 Å². The maximum Gasteiger partial charge on any atom is 0.335 e. The van der Waals surface area contributed by atoms with Gasteiger partial charge in [0.2, 0.25) is 6.20 Å². The van der Waals surface area contributed by atoms with Crippen LogP contribution in [0.4, 0.5) is 0 Å². The van der Waals surface area contributed by atoms with Crippen molar-refractivity contribution < 1.29 is 19.4 Å². The van der Waals surface area contributed by atoms with E-state index < -0.39 is 5.97 Å². The summed E-state index contributed by atoms with van der Waals surface area (Å²) in [7, 11) is 0. The molecule has 6 aromatic rings. The van der Waals surface area contributed by atoms with Crippen molar-refractivity contribution in [1.29, 1.82) is 0 Å². The minimum atomic E-state index is -0.948. The van der Waals surface area contributed by atoms with Crippen LogP contribution in [0.15, 0.2) is 156 Å². The summed E-state index contributed by atoms with van der Waals surface area (Å²) in [6.07, 6.45) is 21.6. The van der Waals surface area contributed by atoms with Gasteiger partial charge in [-0.1, -0.05) is 71.3 Å². The molecule has 0 radical (unpaired) electrons. The molecule has 1 amide bonds. The highest BCUT2D eigenvalue weighted by atomic mass is 127. The van der Waals surface area contributed by atoms with Gasteiger partial charge in [0, 0.05) is 76.7 Å². The maximum atomic E-state index is 12.7. The number of rotatable bonds is 4.